The number of halogens is 1. The van der Waals surface area contributed by atoms with Gasteiger partial charge in [0.25, 0.3) is 0 Å². The normalized spacial score (nSPS) is 16.1. The van der Waals surface area contributed by atoms with Crippen molar-refractivity contribution in [3.63, 3.8) is 0 Å². The summed E-state index contributed by atoms with van der Waals surface area (Å²) in [5, 5.41) is 2.86. The Balaban J connectivity index is 1.62. The number of ether oxygens (including phenoxy) is 2. The minimum Gasteiger partial charge on any atom is -0.453 e. The zero-order valence-corrected chi connectivity index (χ0v) is 14.4. The number of amides is 1. The standard InChI is InChI=1S/C19H22FN3O3/c20-16-10-14(3-4-17(16)26-15-2-1-7-22-12-15)11-23-18(24)19(13-21)5-8-25-9-6-19/h1-4,7,10,12H,5-6,8-9,11,13,21H2,(H,23,24). The highest BCUT2D eigenvalue weighted by molar-refractivity contribution is 5.83. The van der Waals surface area contributed by atoms with Crippen molar-refractivity contribution < 1.29 is 18.7 Å². The van der Waals surface area contributed by atoms with Crippen molar-refractivity contribution >= 4 is 5.91 Å². The van der Waals surface area contributed by atoms with Crippen LogP contribution in [-0.2, 0) is 16.1 Å². The van der Waals surface area contributed by atoms with E-state index in [1.165, 1.54) is 18.3 Å². The Hall–Kier alpha value is -2.51. The van der Waals surface area contributed by atoms with Gasteiger partial charge in [-0.15, -0.1) is 0 Å². The minimum atomic E-state index is -0.597. The number of nitrogens with two attached hydrogens (primary N) is 1. The molecule has 3 rings (SSSR count). The molecule has 138 valence electrons. The number of benzene rings is 1. The SMILES string of the molecule is NCC1(C(=O)NCc2ccc(Oc3cccnc3)c(F)c2)CCOCC1. The highest BCUT2D eigenvalue weighted by Crippen LogP contribution is 2.30. The Bertz CT molecular complexity index is 749. The third kappa shape index (κ3) is 4.17. The van der Waals surface area contributed by atoms with Crippen LogP contribution in [0.4, 0.5) is 4.39 Å². The Kier molecular flexibility index (Phi) is 5.80. The molecule has 2 aromatic rings. The van der Waals surface area contributed by atoms with Gasteiger partial charge < -0.3 is 20.5 Å². The van der Waals surface area contributed by atoms with Crippen LogP contribution in [0.15, 0.2) is 42.7 Å². The number of hydrogen-bond donors (Lipinski definition) is 2. The highest BCUT2D eigenvalue weighted by atomic mass is 19.1. The summed E-state index contributed by atoms with van der Waals surface area (Å²) >= 11 is 0. The van der Waals surface area contributed by atoms with Crippen LogP contribution in [0.1, 0.15) is 18.4 Å². The largest absolute Gasteiger partial charge is 0.453 e. The second kappa shape index (κ2) is 8.25. The number of rotatable bonds is 6. The highest BCUT2D eigenvalue weighted by Gasteiger charge is 2.38. The third-order valence-electron chi connectivity index (χ3n) is 4.63. The van der Waals surface area contributed by atoms with Crippen LogP contribution in [0.25, 0.3) is 0 Å². The number of carbonyl (C=O) groups excluding carboxylic acids is 1. The average molecular weight is 359 g/mol. The lowest BCUT2D eigenvalue weighted by Gasteiger charge is -2.34. The molecular formula is C19H22FN3O3. The maximum absolute atomic E-state index is 14.3. The third-order valence-corrected chi connectivity index (χ3v) is 4.63. The van der Waals surface area contributed by atoms with E-state index in [2.05, 4.69) is 10.3 Å². The Morgan fingerprint density at radius 3 is 2.81 bits per heavy atom. The molecule has 1 aromatic heterocycles. The van der Waals surface area contributed by atoms with Crippen molar-refractivity contribution in [3.8, 4) is 11.5 Å². The van der Waals surface area contributed by atoms with Crippen LogP contribution in [0, 0.1) is 11.2 Å². The van der Waals surface area contributed by atoms with Gasteiger partial charge in [-0.3, -0.25) is 9.78 Å². The molecule has 26 heavy (non-hydrogen) atoms. The van der Waals surface area contributed by atoms with Crippen LogP contribution in [0.2, 0.25) is 0 Å². The fraction of sp³-hybridized carbons (Fsp3) is 0.368. The quantitative estimate of drug-likeness (QED) is 0.827. The summed E-state index contributed by atoms with van der Waals surface area (Å²) in [6.45, 7) is 1.55. The van der Waals surface area contributed by atoms with Gasteiger partial charge in [-0.1, -0.05) is 6.07 Å². The fourth-order valence-electron chi connectivity index (χ4n) is 2.93. The van der Waals surface area contributed by atoms with Gasteiger partial charge in [0, 0.05) is 32.5 Å². The smallest absolute Gasteiger partial charge is 0.227 e. The monoisotopic (exact) mass is 359 g/mol. The number of pyridine rings is 1. The molecule has 3 N–H and O–H groups in total. The van der Waals surface area contributed by atoms with Gasteiger partial charge in [-0.2, -0.15) is 0 Å². The molecule has 1 saturated heterocycles. The summed E-state index contributed by atoms with van der Waals surface area (Å²) in [6.07, 6.45) is 4.32. The fourth-order valence-corrected chi connectivity index (χ4v) is 2.93. The van der Waals surface area contributed by atoms with E-state index in [0.29, 0.717) is 37.4 Å². The maximum atomic E-state index is 14.3. The molecule has 1 aliphatic heterocycles. The molecule has 0 atom stereocenters. The lowest BCUT2D eigenvalue weighted by atomic mass is 9.79. The Morgan fingerprint density at radius 1 is 1.35 bits per heavy atom. The van der Waals surface area contributed by atoms with Crippen molar-refractivity contribution in [2.75, 3.05) is 19.8 Å². The van der Waals surface area contributed by atoms with E-state index in [9.17, 15) is 9.18 Å². The van der Waals surface area contributed by atoms with E-state index in [1.54, 1.807) is 24.4 Å². The first-order chi connectivity index (χ1) is 12.6. The number of nitrogens with zero attached hydrogens (tertiary/aromatic N) is 1. The van der Waals surface area contributed by atoms with Crippen molar-refractivity contribution in [3.05, 3.63) is 54.1 Å². The second-order valence-electron chi connectivity index (χ2n) is 6.34. The van der Waals surface area contributed by atoms with Crippen LogP contribution in [0.3, 0.4) is 0 Å². The summed E-state index contributed by atoms with van der Waals surface area (Å²) in [5.74, 6) is -0.0487. The van der Waals surface area contributed by atoms with Gasteiger partial charge in [-0.05, 0) is 42.7 Å². The first kappa shape index (κ1) is 18.3. The number of nitrogens with one attached hydrogen (secondary N) is 1. The Morgan fingerprint density at radius 2 is 2.15 bits per heavy atom. The molecule has 1 aromatic carbocycles. The predicted octanol–water partition coefficient (Wildman–Crippen LogP) is 2.38. The molecule has 7 heteroatoms. The van der Waals surface area contributed by atoms with Crippen molar-refractivity contribution in [1.82, 2.24) is 10.3 Å². The molecule has 1 fully saturated rings. The first-order valence-corrected chi connectivity index (χ1v) is 8.55. The molecule has 1 aliphatic rings. The lowest BCUT2D eigenvalue weighted by Crippen LogP contribution is -2.48. The van der Waals surface area contributed by atoms with Gasteiger partial charge in [0.1, 0.15) is 5.75 Å². The Labute approximate surface area is 151 Å². The summed E-state index contributed by atoms with van der Waals surface area (Å²) in [5.41, 5.74) is 5.88. The summed E-state index contributed by atoms with van der Waals surface area (Å²) in [7, 11) is 0. The van der Waals surface area contributed by atoms with Gasteiger partial charge in [0.15, 0.2) is 11.6 Å². The molecule has 0 radical (unpaired) electrons. The summed E-state index contributed by atoms with van der Waals surface area (Å²) in [4.78, 5) is 16.5. The molecular weight excluding hydrogens is 337 g/mol. The van der Waals surface area contributed by atoms with E-state index >= 15 is 0 Å². The zero-order valence-electron chi connectivity index (χ0n) is 14.4. The van der Waals surface area contributed by atoms with Crippen molar-refractivity contribution in [2.45, 2.75) is 19.4 Å². The molecule has 0 bridgehead atoms. The summed E-state index contributed by atoms with van der Waals surface area (Å²) < 4.78 is 25.0. The molecule has 0 saturated carbocycles. The van der Waals surface area contributed by atoms with Crippen LogP contribution in [0.5, 0.6) is 11.5 Å². The van der Waals surface area contributed by atoms with E-state index in [4.69, 9.17) is 15.2 Å². The predicted molar refractivity (Wildman–Crippen MR) is 94.1 cm³/mol. The molecule has 0 unspecified atom stereocenters. The molecule has 6 nitrogen and oxygen atoms in total. The van der Waals surface area contributed by atoms with Gasteiger partial charge in [-0.25, -0.2) is 4.39 Å². The van der Waals surface area contributed by atoms with Crippen LogP contribution >= 0.6 is 0 Å². The average Bonchev–Trinajstić information content (AvgIpc) is 2.69. The van der Waals surface area contributed by atoms with Crippen LogP contribution in [-0.4, -0.2) is 30.6 Å². The second-order valence-corrected chi connectivity index (χ2v) is 6.34. The number of carbonyl (C=O) groups is 1. The maximum Gasteiger partial charge on any atom is 0.227 e. The topological polar surface area (TPSA) is 86.5 Å². The van der Waals surface area contributed by atoms with Crippen molar-refractivity contribution in [2.24, 2.45) is 11.1 Å². The molecule has 0 aliphatic carbocycles. The summed E-state index contributed by atoms with van der Waals surface area (Å²) in [6, 6.07) is 8.01. The van der Waals surface area contributed by atoms with Gasteiger partial charge in [0.2, 0.25) is 5.91 Å². The zero-order chi connectivity index (χ0) is 18.4. The molecule has 0 spiro atoms. The van der Waals surface area contributed by atoms with Crippen molar-refractivity contribution in [1.29, 1.82) is 0 Å². The van der Waals surface area contributed by atoms with Gasteiger partial charge in [0.05, 0.1) is 11.6 Å². The lowest BCUT2D eigenvalue weighted by molar-refractivity contribution is -0.136. The number of hydrogen-bond acceptors (Lipinski definition) is 5. The molecule has 2 heterocycles. The first-order valence-electron chi connectivity index (χ1n) is 8.55. The van der Waals surface area contributed by atoms with E-state index in [-0.39, 0.29) is 24.7 Å². The van der Waals surface area contributed by atoms with Gasteiger partial charge >= 0.3 is 0 Å². The van der Waals surface area contributed by atoms with Crippen LogP contribution < -0.4 is 15.8 Å². The molecule has 1 amide bonds. The number of aromatic nitrogens is 1. The minimum absolute atomic E-state index is 0.107. The van der Waals surface area contributed by atoms with E-state index in [1.807, 2.05) is 0 Å². The van der Waals surface area contributed by atoms with E-state index < -0.39 is 11.2 Å². The van der Waals surface area contributed by atoms with E-state index in [0.717, 1.165) is 0 Å².